The summed E-state index contributed by atoms with van der Waals surface area (Å²) in [5.41, 5.74) is 5.36. The van der Waals surface area contributed by atoms with Crippen molar-refractivity contribution in [2.24, 2.45) is 11.7 Å². The van der Waals surface area contributed by atoms with Crippen molar-refractivity contribution in [2.75, 3.05) is 6.54 Å². The molecule has 1 amide bonds. The molecule has 1 saturated carbocycles. The largest absolute Gasteiger partial charge is 0.368 e. The molecule has 0 aromatic rings. The molecule has 0 spiro atoms. The van der Waals surface area contributed by atoms with Crippen LogP contribution in [-0.4, -0.2) is 29.4 Å². The molecular weight excluding hydrogens is 188 g/mol. The molecule has 0 aromatic heterocycles. The first-order valence-corrected chi connectivity index (χ1v) is 6.25. The van der Waals surface area contributed by atoms with E-state index in [-0.39, 0.29) is 11.9 Å². The van der Waals surface area contributed by atoms with Crippen molar-refractivity contribution in [1.29, 1.82) is 0 Å². The minimum absolute atomic E-state index is 0.0642. The maximum atomic E-state index is 11.1. The number of carbonyl (C=O) groups is 1. The zero-order chi connectivity index (χ0) is 10.8. The predicted molar refractivity (Wildman–Crippen MR) is 60.3 cm³/mol. The molecule has 2 fully saturated rings. The van der Waals surface area contributed by atoms with Crippen LogP contribution in [0.3, 0.4) is 0 Å². The number of nitrogens with two attached hydrogens (primary N) is 1. The molecule has 1 aliphatic carbocycles. The second kappa shape index (κ2) is 4.52. The Balaban J connectivity index is 1.92. The Bertz CT molecular complexity index is 242. The van der Waals surface area contributed by atoms with E-state index < -0.39 is 0 Å². The van der Waals surface area contributed by atoms with E-state index in [0.29, 0.717) is 6.04 Å². The van der Waals surface area contributed by atoms with Crippen LogP contribution in [0, 0.1) is 5.92 Å². The van der Waals surface area contributed by atoms with Gasteiger partial charge in [0.05, 0.1) is 6.04 Å². The highest BCUT2D eigenvalue weighted by Crippen LogP contribution is 2.36. The Kier molecular flexibility index (Phi) is 3.29. The number of hydrogen-bond donors (Lipinski definition) is 1. The predicted octanol–water partition coefficient (Wildman–Crippen LogP) is 1.51. The molecular formula is C12H22N2O. The van der Waals surface area contributed by atoms with E-state index in [0.717, 1.165) is 12.5 Å². The van der Waals surface area contributed by atoms with Gasteiger partial charge in [-0.2, -0.15) is 0 Å². The summed E-state index contributed by atoms with van der Waals surface area (Å²) < 4.78 is 0. The van der Waals surface area contributed by atoms with Gasteiger partial charge in [-0.1, -0.05) is 25.7 Å². The summed E-state index contributed by atoms with van der Waals surface area (Å²) in [6.07, 6.45) is 8.08. The summed E-state index contributed by atoms with van der Waals surface area (Å²) in [6, 6.07) is 0.582. The highest BCUT2D eigenvalue weighted by atomic mass is 16.1. The van der Waals surface area contributed by atoms with Crippen LogP contribution in [0.5, 0.6) is 0 Å². The Morgan fingerprint density at radius 1 is 1.27 bits per heavy atom. The van der Waals surface area contributed by atoms with Gasteiger partial charge in [-0.3, -0.25) is 9.69 Å². The Hall–Kier alpha value is -0.570. The van der Waals surface area contributed by atoms with Gasteiger partial charge in [-0.25, -0.2) is 0 Å². The second-order valence-corrected chi connectivity index (χ2v) is 5.09. The number of amides is 1. The quantitative estimate of drug-likeness (QED) is 0.751. The standard InChI is InChI=1S/C12H22N2O/c1-9(12(13)15)14-8-10-6-4-2-3-5-7-11(10)14/h9-11H,2-8H2,1H3,(H2,13,15)/t9-,10-,11+/m1/s1. The van der Waals surface area contributed by atoms with Crippen molar-refractivity contribution in [1.82, 2.24) is 4.90 Å². The molecule has 2 N–H and O–H groups in total. The average Bonchev–Trinajstić information content (AvgIpc) is 2.16. The zero-order valence-electron chi connectivity index (χ0n) is 9.61. The van der Waals surface area contributed by atoms with Crippen LogP contribution in [0.1, 0.15) is 45.4 Å². The number of primary amides is 1. The minimum atomic E-state index is -0.171. The lowest BCUT2D eigenvalue weighted by Crippen LogP contribution is -2.62. The third-order valence-corrected chi connectivity index (χ3v) is 4.15. The van der Waals surface area contributed by atoms with E-state index in [4.69, 9.17) is 5.73 Å². The number of fused-ring (bicyclic) bond motifs is 1. The van der Waals surface area contributed by atoms with Crippen molar-refractivity contribution < 1.29 is 4.79 Å². The molecule has 86 valence electrons. The number of likely N-dealkylation sites (tertiary alicyclic amines) is 1. The van der Waals surface area contributed by atoms with Crippen LogP contribution < -0.4 is 5.73 Å². The van der Waals surface area contributed by atoms with E-state index in [9.17, 15) is 4.79 Å². The first kappa shape index (κ1) is 10.9. The lowest BCUT2D eigenvalue weighted by molar-refractivity contribution is -0.129. The fraction of sp³-hybridized carbons (Fsp3) is 0.917. The summed E-state index contributed by atoms with van der Waals surface area (Å²) in [5.74, 6) is 0.669. The molecule has 0 unspecified atom stereocenters. The van der Waals surface area contributed by atoms with Gasteiger partial charge in [0.25, 0.3) is 0 Å². The van der Waals surface area contributed by atoms with Gasteiger partial charge in [-0.15, -0.1) is 0 Å². The zero-order valence-corrected chi connectivity index (χ0v) is 9.61. The molecule has 1 aliphatic heterocycles. The van der Waals surface area contributed by atoms with Gasteiger partial charge in [0, 0.05) is 12.6 Å². The topological polar surface area (TPSA) is 46.3 Å². The van der Waals surface area contributed by atoms with Crippen molar-refractivity contribution in [3.8, 4) is 0 Å². The smallest absolute Gasteiger partial charge is 0.234 e. The van der Waals surface area contributed by atoms with Crippen molar-refractivity contribution >= 4 is 5.91 Å². The van der Waals surface area contributed by atoms with E-state index in [2.05, 4.69) is 4.90 Å². The van der Waals surface area contributed by atoms with Crippen molar-refractivity contribution in [2.45, 2.75) is 57.5 Å². The molecule has 1 heterocycles. The molecule has 2 rings (SSSR count). The fourth-order valence-corrected chi connectivity index (χ4v) is 3.07. The number of nitrogens with zero attached hydrogens (tertiary/aromatic N) is 1. The summed E-state index contributed by atoms with van der Waals surface area (Å²) >= 11 is 0. The molecule has 0 radical (unpaired) electrons. The van der Waals surface area contributed by atoms with Gasteiger partial charge in [0.2, 0.25) is 5.91 Å². The first-order chi connectivity index (χ1) is 7.20. The molecule has 15 heavy (non-hydrogen) atoms. The highest BCUT2D eigenvalue weighted by Gasteiger charge is 2.41. The lowest BCUT2D eigenvalue weighted by atomic mass is 9.78. The van der Waals surface area contributed by atoms with Crippen molar-refractivity contribution in [3.63, 3.8) is 0 Å². The molecule has 2 aliphatic rings. The SMILES string of the molecule is C[C@H](C(N)=O)N1C[C@H]2CCCCCC[C@@H]21. The van der Waals surface area contributed by atoms with Gasteiger partial charge < -0.3 is 5.73 Å². The van der Waals surface area contributed by atoms with Crippen LogP contribution in [0.2, 0.25) is 0 Å². The first-order valence-electron chi connectivity index (χ1n) is 6.25. The number of rotatable bonds is 2. The van der Waals surface area contributed by atoms with Gasteiger partial charge in [0.15, 0.2) is 0 Å². The van der Waals surface area contributed by atoms with E-state index >= 15 is 0 Å². The van der Waals surface area contributed by atoms with E-state index in [1.807, 2.05) is 6.92 Å². The highest BCUT2D eigenvalue weighted by molar-refractivity contribution is 5.79. The number of hydrogen-bond acceptors (Lipinski definition) is 2. The third-order valence-electron chi connectivity index (χ3n) is 4.15. The lowest BCUT2D eigenvalue weighted by Gasteiger charge is -2.51. The van der Waals surface area contributed by atoms with Crippen LogP contribution in [-0.2, 0) is 4.79 Å². The van der Waals surface area contributed by atoms with Crippen LogP contribution in [0.25, 0.3) is 0 Å². The molecule has 3 atom stereocenters. The fourth-order valence-electron chi connectivity index (χ4n) is 3.07. The van der Waals surface area contributed by atoms with Gasteiger partial charge in [-0.05, 0) is 25.7 Å². The summed E-state index contributed by atoms with van der Waals surface area (Å²) in [5, 5.41) is 0. The molecule has 0 aromatic carbocycles. The Morgan fingerprint density at radius 2 is 1.93 bits per heavy atom. The van der Waals surface area contributed by atoms with Crippen molar-refractivity contribution in [3.05, 3.63) is 0 Å². The molecule has 0 bridgehead atoms. The Labute approximate surface area is 92.0 Å². The van der Waals surface area contributed by atoms with Gasteiger partial charge in [0.1, 0.15) is 0 Å². The van der Waals surface area contributed by atoms with E-state index in [1.54, 1.807) is 0 Å². The molecule has 3 nitrogen and oxygen atoms in total. The number of carbonyl (C=O) groups excluding carboxylic acids is 1. The maximum Gasteiger partial charge on any atom is 0.234 e. The minimum Gasteiger partial charge on any atom is -0.368 e. The summed E-state index contributed by atoms with van der Waals surface area (Å²) in [7, 11) is 0. The third kappa shape index (κ3) is 2.17. The maximum absolute atomic E-state index is 11.1. The normalized spacial score (nSPS) is 34.5. The van der Waals surface area contributed by atoms with Crippen LogP contribution >= 0.6 is 0 Å². The van der Waals surface area contributed by atoms with Crippen LogP contribution in [0.15, 0.2) is 0 Å². The summed E-state index contributed by atoms with van der Waals surface area (Å²) in [4.78, 5) is 13.4. The molecule has 3 heteroatoms. The second-order valence-electron chi connectivity index (χ2n) is 5.09. The molecule has 1 saturated heterocycles. The van der Waals surface area contributed by atoms with Gasteiger partial charge >= 0.3 is 0 Å². The summed E-state index contributed by atoms with van der Waals surface area (Å²) in [6.45, 7) is 3.03. The monoisotopic (exact) mass is 210 g/mol. The van der Waals surface area contributed by atoms with E-state index in [1.165, 1.54) is 38.5 Å². The van der Waals surface area contributed by atoms with Crippen LogP contribution in [0.4, 0.5) is 0 Å². The average molecular weight is 210 g/mol. The Morgan fingerprint density at radius 3 is 2.60 bits per heavy atom.